The van der Waals surface area contributed by atoms with E-state index in [2.05, 4.69) is 5.32 Å². The molecule has 26 heavy (non-hydrogen) atoms. The second-order valence-electron chi connectivity index (χ2n) is 6.29. The number of nitrogens with one attached hydrogen (secondary N) is 2. The van der Waals surface area contributed by atoms with Gasteiger partial charge in [-0.25, -0.2) is 4.39 Å². The zero-order valence-electron chi connectivity index (χ0n) is 14.5. The van der Waals surface area contributed by atoms with Gasteiger partial charge in [-0.15, -0.1) is 0 Å². The summed E-state index contributed by atoms with van der Waals surface area (Å²) in [6.07, 6.45) is 0. The van der Waals surface area contributed by atoms with Gasteiger partial charge >= 0.3 is 5.91 Å². The number of hydrogen-bond acceptors (Lipinski definition) is 3. The smallest absolute Gasteiger partial charge is 0.303 e. The van der Waals surface area contributed by atoms with Crippen molar-refractivity contribution in [1.29, 1.82) is 0 Å². The molecule has 1 aliphatic heterocycles. The van der Waals surface area contributed by atoms with Crippen LogP contribution in [-0.2, 0) is 11.3 Å². The van der Waals surface area contributed by atoms with E-state index in [1.807, 2.05) is 19.2 Å². The molecule has 0 fully saturated rings. The lowest BCUT2D eigenvalue weighted by Gasteiger charge is -2.21. The molecular formula is C19H19FN3O3+. The summed E-state index contributed by atoms with van der Waals surface area (Å²) < 4.78 is 13.3. The topological polar surface area (TPSA) is 70.9 Å². The molecule has 1 aliphatic rings. The van der Waals surface area contributed by atoms with Gasteiger partial charge in [-0.3, -0.25) is 19.3 Å². The van der Waals surface area contributed by atoms with Crippen molar-refractivity contribution >= 4 is 23.3 Å². The maximum Gasteiger partial charge on any atom is 0.303 e. The summed E-state index contributed by atoms with van der Waals surface area (Å²) in [6, 6.07) is 11.0. The number of anilines is 1. The van der Waals surface area contributed by atoms with Crippen molar-refractivity contribution in [3.05, 3.63) is 65.0 Å². The van der Waals surface area contributed by atoms with Crippen molar-refractivity contribution in [2.24, 2.45) is 0 Å². The van der Waals surface area contributed by atoms with Gasteiger partial charge < -0.3 is 10.2 Å². The van der Waals surface area contributed by atoms with E-state index in [1.165, 1.54) is 17.0 Å². The van der Waals surface area contributed by atoms with Crippen LogP contribution in [-0.4, -0.2) is 38.4 Å². The molecule has 0 saturated carbocycles. The van der Waals surface area contributed by atoms with Crippen molar-refractivity contribution in [2.45, 2.75) is 6.54 Å². The van der Waals surface area contributed by atoms with Gasteiger partial charge in [0, 0.05) is 18.2 Å². The van der Waals surface area contributed by atoms with Crippen molar-refractivity contribution in [3.8, 4) is 0 Å². The number of benzene rings is 2. The average molecular weight is 356 g/mol. The van der Waals surface area contributed by atoms with Crippen molar-refractivity contribution in [1.82, 2.24) is 5.32 Å². The van der Waals surface area contributed by atoms with Crippen LogP contribution in [0.5, 0.6) is 0 Å². The minimum atomic E-state index is -0.678. The van der Waals surface area contributed by atoms with Gasteiger partial charge in [-0.2, -0.15) is 0 Å². The number of nitrogens with zero attached hydrogens (tertiary/aromatic N) is 1. The standard InChI is InChI=1S/C19H18FN3O3/c1-21-18(25)13-5-3-12(4-6-13)10-22(2)11-23-16-8-7-14(20)9-15(16)17(24)19(23)26/h3-9H,10-11H2,1-2H3,(H,21,25)/p+1. The highest BCUT2D eigenvalue weighted by Crippen LogP contribution is 2.28. The van der Waals surface area contributed by atoms with Crippen LogP contribution in [0.25, 0.3) is 0 Å². The van der Waals surface area contributed by atoms with E-state index < -0.39 is 17.5 Å². The Bertz CT molecular complexity index is 880. The molecule has 2 aromatic rings. The molecule has 1 atom stereocenters. The van der Waals surface area contributed by atoms with Crippen LogP contribution in [0, 0.1) is 5.82 Å². The number of amides is 2. The molecule has 3 rings (SSSR count). The summed E-state index contributed by atoms with van der Waals surface area (Å²) in [5.41, 5.74) is 2.12. The van der Waals surface area contributed by atoms with Crippen LogP contribution in [0.3, 0.4) is 0 Å². The molecule has 1 unspecified atom stereocenters. The molecule has 6 nitrogen and oxygen atoms in total. The number of ketones is 1. The van der Waals surface area contributed by atoms with Gasteiger partial charge in [0.15, 0.2) is 6.67 Å². The number of fused-ring (bicyclic) bond motifs is 1. The molecule has 134 valence electrons. The monoisotopic (exact) mass is 356 g/mol. The quantitative estimate of drug-likeness (QED) is 0.762. The Hall–Kier alpha value is -3.06. The zero-order valence-corrected chi connectivity index (χ0v) is 14.5. The van der Waals surface area contributed by atoms with Crippen LogP contribution in [0.1, 0.15) is 26.3 Å². The maximum atomic E-state index is 13.3. The van der Waals surface area contributed by atoms with Crippen LogP contribution in [0.4, 0.5) is 10.1 Å². The fourth-order valence-electron chi connectivity index (χ4n) is 3.02. The first-order valence-corrected chi connectivity index (χ1v) is 8.18. The van der Waals surface area contributed by atoms with E-state index >= 15 is 0 Å². The molecule has 7 heteroatoms. The van der Waals surface area contributed by atoms with Crippen LogP contribution < -0.4 is 15.1 Å². The van der Waals surface area contributed by atoms with E-state index in [0.717, 1.165) is 16.5 Å². The summed E-state index contributed by atoms with van der Waals surface area (Å²) in [5.74, 6) is -2.01. The van der Waals surface area contributed by atoms with Gasteiger partial charge in [0.1, 0.15) is 12.4 Å². The van der Waals surface area contributed by atoms with Gasteiger partial charge in [0.2, 0.25) is 0 Å². The highest BCUT2D eigenvalue weighted by Gasteiger charge is 2.37. The predicted octanol–water partition coefficient (Wildman–Crippen LogP) is 0.387. The molecule has 0 bridgehead atoms. The molecule has 0 radical (unpaired) electrons. The molecule has 0 saturated heterocycles. The Morgan fingerprint density at radius 3 is 2.50 bits per heavy atom. The minimum absolute atomic E-state index is 0.109. The summed E-state index contributed by atoms with van der Waals surface area (Å²) in [7, 11) is 3.47. The third-order valence-electron chi connectivity index (χ3n) is 4.31. The Kier molecular flexibility index (Phi) is 4.81. The number of halogens is 1. The fraction of sp³-hybridized carbons (Fsp3) is 0.211. The summed E-state index contributed by atoms with van der Waals surface area (Å²) >= 11 is 0. The highest BCUT2D eigenvalue weighted by atomic mass is 19.1. The van der Waals surface area contributed by atoms with Crippen molar-refractivity contribution in [3.63, 3.8) is 0 Å². The molecule has 0 aromatic heterocycles. The molecule has 0 spiro atoms. The van der Waals surface area contributed by atoms with Gasteiger partial charge in [0.25, 0.3) is 11.7 Å². The first-order valence-electron chi connectivity index (χ1n) is 8.18. The number of quaternary nitrogens is 1. The molecule has 1 heterocycles. The van der Waals surface area contributed by atoms with E-state index in [4.69, 9.17) is 0 Å². The number of hydrogen-bond donors (Lipinski definition) is 2. The van der Waals surface area contributed by atoms with E-state index in [1.54, 1.807) is 19.2 Å². The lowest BCUT2D eigenvalue weighted by atomic mass is 10.1. The van der Waals surface area contributed by atoms with Gasteiger partial charge in [-0.1, -0.05) is 12.1 Å². The summed E-state index contributed by atoms with van der Waals surface area (Å²) in [6.45, 7) is 0.878. The Balaban J connectivity index is 1.71. The molecule has 2 N–H and O–H groups in total. The average Bonchev–Trinajstić information content (AvgIpc) is 2.86. The number of Topliss-reactive ketones (excluding diaryl/α,β-unsaturated/α-hetero) is 1. The second-order valence-corrected chi connectivity index (χ2v) is 6.29. The first kappa shape index (κ1) is 17.8. The molecule has 0 aliphatic carbocycles. The minimum Gasteiger partial charge on any atom is -0.355 e. The number of carbonyl (C=O) groups excluding carboxylic acids is 3. The number of carbonyl (C=O) groups is 3. The van der Waals surface area contributed by atoms with Crippen LogP contribution in [0.2, 0.25) is 0 Å². The SMILES string of the molecule is CNC(=O)c1ccc(C[NH+](C)CN2C(=O)C(=O)c3cc(F)ccc32)cc1. The van der Waals surface area contributed by atoms with E-state index in [0.29, 0.717) is 17.8 Å². The third-order valence-corrected chi connectivity index (χ3v) is 4.31. The molecular weight excluding hydrogens is 337 g/mol. The predicted molar refractivity (Wildman–Crippen MR) is 93.5 cm³/mol. The van der Waals surface area contributed by atoms with Crippen LogP contribution >= 0.6 is 0 Å². The normalized spacial score (nSPS) is 14.3. The lowest BCUT2D eigenvalue weighted by Crippen LogP contribution is -3.09. The first-order chi connectivity index (χ1) is 12.4. The Morgan fingerprint density at radius 2 is 1.85 bits per heavy atom. The summed E-state index contributed by atoms with van der Waals surface area (Å²) in [4.78, 5) is 38.1. The van der Waals surface area contributed by atoms with Crippen molar-refractivity contribution < 1.29 is 23.7 Å². The Labute approximate surface area is 150 Å². The van der Waals surface area contributed by atoms with Crippen molar-refractivity contribution in [2.75, 3.05) is 25.7 Å². The van der Waals surface area contributed by atoms with Gasteiger partial charge in [-0.05, 0) is 30.3 Å². The van der Waals surface area contributed by atoms with E-state index in [9.17, 15) is 18.8 Å². The maximum absolute atomic E-state index is 13.3. The lowest BCUT2D eigenvalue weighted by molar-refractivity contribution is -0.892. The van der Waals surface area contributed by atoms with Crippen LogP contribution in [0.15, 0.2) is 42.5 Å². The van der Waals surface area contributed by atoms with Gasteiger partial charge in [0.05, 0.1) is 18.3 Å². The zero-order chi connectivity index (χ0) is 18.8. The molecule has 2 amide bonds. The Morgan fingerprint density at radius 1 is 1.15 bits per heavy atom. The fourth-order valence-corrected chi connectivity index (χ4v) is 3.02. The largest absolute Gasteiger partial charge is 0.355 e. The summed E-state index contributed by atoms with van der Waals surface area (Å²) in [5, 5.41) is 2.57. The highest BCUT2D eigenvalue weighted by molar-refractivity contribution is 6.52. The van der Waals surface area contributed by atoms with E-state index in [-0.39, 0.29) is 18.1 Å². The second kappa shape index (κ2) is 7.05. The number of rotatable bonds is 5. The third kappa shape index (κ3) is 3.34. The molecule has 2 aromatic carbocycles.